The first-order valence-electron chi connectivity index (χ1n) is 8.25. The van der Waals surface area contributed by atoms with Crippen molar-refractivity contribution in [3.05, 3.63) is 29.9 Å². The standard InChI is InChI=1S/C15H15N5O5S/c21-15(14-16-13(19-24-14)9-4-5-9)6-7-20(8-15)26(22,23)11-3-1-2-10-12(11)18-25-17-10/h1-3,9,21H,4-8H2/t15-/m1/s1. The van der Waals surface area contributed by atoms with E-state index in [0.717, 1.165) is 12.8 Å². The Balaban J connectivity index is 1.46. The molecule has 0 amide bonds. The molecule has 10 nitrogen and oxygen atoms in total. The summed E-state index contributed by atoms with van der Waals surface area (Å²) >= 11 is 0. The summed E-state index contributed by atoms with van der Waals surface area (Å²) in [7, 11) is -3.89. The monoisotopic (exact) mass is 377 g/mol. The Bertz CT molecular complexity index is 1090. The minimum atomic E-state index is -3.89. The molecule has 1 N–H and O–H groups in total. The number of benzene rings is 1. The van der Waals surface area contributed by atoms with Gasteiger partial charge in [-0.1, -0.05) is 11.2 Å². The lowest BCUT2D eigenvalue weighted by Crippen LogP contribution is -2.34. The van der Waals surface area contributed by atoms with Gasteiger partial charge in [-0.05, 0) is 35.3 Å². The number of β-amino-alcohol motifs (C(OH)–C–C–N with tert-alkyl or cyclic N) is 1. The highest BCUT2D eigenvalue weighted by Gasteiger charge is 2.47. The van der Waals surface area contributed by atoms with Gasteiger partial charge in [-0.2, -0.15) is 9.29 Å². The van der Waals surface area contributed by atoms with Crippen molar-refractivity contribution >= 4 is 21.1 Å². The van der Waals surface area contributed by atoms with Gasteiger partial charge in [-0.25, -0.2) is 13.0 Å². The van der Waals surface area contributed by atoms with Gasteiger partial charge in [0.05, 0.1) is 6.54 Å². The predicted octanol–water partition coefficient (Wildman–Crippen LogP) is 0.765. The molecule has 0 bridgehead atoms. The summed E-state index contributed by atoms with van der Waals surface area (Å²) in [6, 6.07) is 4.63. The normalized spacial score (nSPS) is 24.5. The van der Waals surface area contributed by atoms with Gasteiger partial charge in [0, 0.05) is 18.9 Å². The van der Waals surface area contributed by atoms with Crippen LogP contribution in [0.2, 0.25) is 0 Å². The van der Waals surface area contributed by atoms with Gasteiger partial charge in [-0.15, -0.1) is 0 Å². The molecule has 2 fully saturated rings. The molecule has 0 spiro atoms. The molecule has 1 saturated carbocycles. The lowest BCUT2D eigenvalue weighted by atomic mass is 10.0. The van der Waals surface area contributed by atoms with Gasteiger partial charge >= 0.3 is 0 Å². The minimum Gasteiger partial charge on any atom is -0.379 e. The molecule has 2 aromatic heterocycles. The smallest absolute Gasteiger partial charge is 0.260 e. The zero-order valence-electron chi connectivity index (χ0n) is 13.6. The van der Waals surface area contributed by atoms with Crippen molar-refractivity contribution in [1.29, 1.82) is 0 Å². The Labute approximate surface area is 147 Å². The topological polar surface area (TPSA) is 135 Å². The van der Waals surface area contributed by atoms with Crippen molar-refractivity contribution in [2.75, 3.05) is 13.1 Å². The van der Waals surface area contributed by atoms with Gasteiger partial charge in [0.1, 0.15) is 10.4 Å². The summed E-state index contributed by atoms with van der Waals surface area (Å²) in [5.74, 6) is 0.932. The second kappa shape index (κ2) is 5.32. The van der Waals surface area contributed by atoms with Crippen molar-refractivity contribution in [3.8, 4) is 0 Å². The van der Waals surface area contributed by atoms with E-state index in [4.69, 9.17) is 4.52 Å². The van der Waals surface area contributed by atoms with Crippen LogP contribution < -0.4 is 0 Å². The number of fused-ring (bicyclic) bond motifs is 1. The van der Waals surface area contributed by atoms with Crippen LogP contribution in [0.15, 0.2) is 32.2 Å². The summed E-state index contributed by atoms with van der Waals surface area (Å²) < 4.78 is 37.1. The molecule has 1 saturated heterocycles. The largest absolute Gasteiger partial charge is 0.379 e. The van der Waals surface area contributed by atoms with Crippen LogP contribution in [-0.4, -0.2) is 51.4 Å². The molecule has 1 atom stereocenters. The molecule has 3 aromatic rings. The number of sulfonamides is 1. The van der Waals surface area contributed by atoms with E-state index < -0.39 is 15.6 Å². The number of rotatable bonds is 4. The molecule has 11 heteroatoms. The number of aliphatic hydroxyl groups is 1. The lowest BCUT2D eigenvalue weighted by Gasteiger charge is -2.19. The fourth-order valence-electron chi connectivity index (χ4n) is 3.20. The lowest BCUT2D eigenvalue weighted by molar-refractivity contribution is 0.0194. The van der Waals surface area contributed by atoms with Crippen LogP contribution in [0, 0.1) is 0 Å². The molecular weight excluding hydrogens is 362 g/mol. The van der Waals surface area contributed by atoms with E-state index in [1.807, 2.05) is 0 Å². The van der Waals surface area contributed by atoms with E-state index in [0.29, 0.717) is 11.3 Å². The first-order valence-corrected chi connectivity index (χ1v) is 9.69. The average Bonchev–Trinajstić information content (AvgIpc) is 3.05. The molecule has 3 heterocycles. The third-order valence-corrected chi connectivity index (χ3v) is 6.74. The Morgan fingerprint density at radius 2 is 2.08 bits per heavy atom. The van der Waals surface area contributed by atoms with Crippen LogP contribution in [0.5, 0.6) is 0 Å². The van der Waals surface area contributed by atoms with E-state index in [1.54, 1.807) is 12.1 Å². The fraction of sp³-hybridized carbons (Fsp3) is 0.467. The maximum Gasteiger partial charge on any atom is 0.260 e. The fourth-order valence-corrected chi connectivity index (χ4v) is 4.83. The Kier molecular flexibility index (Phi) is 3.24. The Morgan fingerprint density at radius 1 is 1.23 bits per heavy atom. The highest BCUT2D eigenvalue weighted by atomic mass is 32.2. The zero-order chi connectivity index (χ0) is 17.9. The molecule has 1 aliphatic heterocycles. The molecule has 1 aliphatic carbocycles. The number of hydrogen-bond donors (Lipinski definition) is 1. The SMILES string of the molecule is O=S(=O)(c1cccc2nonc12)N1CC[C@](O)(c2nc(C3CC3)no2)C1. The molecule has 1 aromatic carbocycles. The van der Waals surface area contributed by atoms with Gasteiger partial charge in [0.15, 0.2) is 16.9 Å². The first kappa shape index (κ1) is 15.9. The van der Waals surface area contributed by atoms with Crippen LogP contribution in [0.1, 0.15) is 36.9 Å². The molecular formula is C15H15N5O5S. The minimum absolute atomic E-state index is 0.00954. The number of aromatic nitrogens is 4. The molecule has 0 unspecified atom stereocenters. The van der Waals surface area contributed by atoms with Crippen LogP contribution >= 0.6 is 0 Å². The summed E-state index contributed by atoms with van der Waals surface area (Å²) in [6.45, 7) is -0.0368. The Hall–Kier alpha value is -2.37. The summed E-state index contributed by atoms with van der Waals surface area (Å²) in [4.78, 5) is 4.26. The third kappa shape index (κ3) is 2.35. The Morgan fingerprint density at radius 3 is 2.88 bits per heavy atom. The highest BCUT2D eigenvalue weighted by molar-refractivity contribution is 7.89. The number of hydrogen-bond acceptors (Lipinski definition) is 9. The van der Waals surface area contributed by atoms with E-state index >= 15 is 0 Å². The zero-order valence-corrected chi connectivity index (χ0v) is 14.4. The first-order chi connectivity index (χ1) is 12.5. The summed E-state index contributed by atoms with van der Waals surface area (Å²) in [5.41, 5.74) is -0.980. The summed E-state index contributed by atoms with van der Waals surface area (Å²) in [6.07, 6.45) is 2.19. The molecule has 26 heavy (non-hydrogen) atoms. The van der Waals surface area contributed by atoms with Crippen molar-refractivity contribution in [2.24, 2.45) is 0 Å². The predicted molar refractivity (Wildman–Crippen MR) is 85.3 cm³/mol. The van der Waals surface area contributed by atoms with Crippen LogP contribution in [-0.2, 0) is 15.6 Å². The second-order valence-corrected chi connectivity index (χ2v) is 8.65. The van der Waals surface area contributed by atoms with Gasteiger partial charge in [-0.3, -0.25) is 0 Å². The van der Waals surface area contributed by atoms with Crippen molar-refractivity contribution in [1.82, 2.24) is 24.8 Å². The molecule has 2 aliphatic rings. The molecule has 5 rings (SSSR count). The van der Waals surface area contributed by atoms with Crippen molar-refractivity contribution < 1.29 is 22.7 Å². The van der Waals surface area contributed by atoms with E-state index in [1.165, 1.54) is 10.4 Å². The maximum absolute atomic E-state index is 13.0. The number of nitrogens with zero attached hydrogens (tertiary/aromatic N) is 5. The maximum atomic E-state index is 13.0. The van der Waals surface area contributed by atoms with E-state index in [9.17, 15) is 13.5 Å². The summed E-state index contributed by atoms with van der Waals surface area (Å²) in [5, 5.41) is 22.1. The van der Waals surface area contributed by atoms with Crippen LogP contribution in [0.4, 0.5) is 0 Å². The molecule has 0 radical (unpaired) electrons. The molecule has 136 valence electrons. The third-order valence-electron chi connectivity index (χ3n) is 4.86. The van der Waals surface area contributed by atoms with Crippen LogP contribution in [0.25, 0.3) is 11.0 Å². The van der Waals surface area contributed by atoms with Gasteiger partial charge in [0.2, 0.25) is 10.0 Å². The van der Waals surface area contributed by atoms with Crippen molar-refractivity contribution in [3.63, 3.8) is 0 Å². The van der Waals surface area contributed by atoms with Crippen molar-refractivity contribution in [2.45, 2.75) is 35.7 Å². The second-order valence-electron chi connectivity index (χ2n) is 6.74. The quantitative estimate of drug-likeness (QED) is 0.699. The van der Waals surface area contributed by atoms with Gasteiger partial charge < -0.3 is 9.63 Å². The van der Waals surface area contributed by atoms with Crippen LogP contribution in [0.3, 0.4) is 0 Å². The van der Waals surface area contributed by atoms with E-state index in [2.05, 4.69) is 25.1 Å². The van der Waals surface area contributed by atoms with E-state index in [-0.39, 0.29) is 41.7 Å². The van der Waals surface area contributed by atoms with Gasteiger partial charge in [0.25, 0.3) is 5.89 Å². The highest BCUT2D eigenvalue weighted by Crippen LogP contribution is 2.40. The average molecular weight is 377 g/mol.